The Labute approximate surface area is 171 Å². The Morgan fingerprint density at radius 1 is 1.24 bits per heavy atom. The van der Waals surface area contributed by atoms with Gasteiger partial charge in [-0.1, -0.05) is 17.7 Å². The van der Waals surface area contributed by atoms with E-state index < -0.39 is 18.1 Å². The number of aromatic nitrogens is 2. The van der Waals surface area contributed by atoms with Gasteiger partial charge in [0.05, 0.1) is 19.5 Å². The van der Waals surface area contributed by atoms with Gasteiger partial charge in [-0.05, 0) is 19.1 Å². The molecule has 3 rings (SSSR count). The number of hydrogen-bond acceptors (Lipinski definition) is 5. The van der Waals surface area contributed by atoms with Gasteiger partial charge in [0.25, 0.3) is 6.43 Å². The predicted molar refractivity (Wildman–Crippen MR) is 101 cm³/mol. The van der Waals surface area contributed by atoms with Crippen molar-refractivity contribution in [3.05, 3.63) is 52.1 Å². The van der Waals surface area contributed by atoms with Crippen molar-refractivity contribution in [2.24, 2.45) is 0 Å². The summed E-state index contributed by atoms with van der Waals surface area (Å²) in [5, 5.41) is 4.34. The standard InChI is InChI=1S/C19H22ClF3N4O2/c1-2-29-19(28)13-10-24-27(17(13)18(22)23)12-26-8-6-25(7-9-26)11-14-15(20)4-3-5-16(14)21/h3-5,10,18H,2,6-9,11-12H2,1H3. The number of alkyl halides is 2. The van der Waals surface area contributed by atoms with Gasteiger partial charge in [-0.3, -0.25) is 9.80 Å². The SMILES string of the molecule is CCOC(=O)c1cnn(CN2CCN(Cc3c(F)cccc3Cl)CC2)c1C(F)F. The van der Waals surface area contributed by atoms with Crippen LogP contribution in [0.2, 0.25) is 5.02 Å². The maximum Gasteiger partial charge on any atom is 0.341 e. The van der Waals surface area contributed by atoms with Crippen molar-refractivity contribution in [2.75, 3.05) is 32.8 Å². The van der Waals surface area contributed by atoms with Crippen LogP contribution in [-0.4, -0.2) is 58.3 Å². The fourth-order valence-corrected chi connectivity index (χ4v) is 3.51. The molecule has 1 saturated heterocycles. The van der Waals surface area contributed by atoms with Crippen LogP contribution in [0.3, 0.4) is 0 Å². The summed E-state index contributed by atoms with van der Waals surface area (Å²) >= 11 is 6.08. The average molecular weight is 431 g/mol. The molecule has 10 heteroatoms. The van der Waals surface area contributed by atoms with Crippen molar-refractivity contribution in [1.29, 1.82) is 0 Å². The lowest BCUT2D eigenvalue weighted by Gasteiger charge is -2.35. The number of nitrogens with zero attached hydrogens (tertiary/aromatic N) is 4. The first-order chi connectivity index (χ1) is 13.9. The van der Waals surface area contributed by atoms with Gasteiger partial charge in [-0.15, -0.1) is 0 Å². The maximum absolute atomic E-state index is 14.0. The molecule has 0 bridgehead atoms. The highest BCUT2D eigenvalue weighted by Crippen LogP contribution is 2.25. The Hall–Kier alpha value is -2.10. The number of esters is 1. The first kappa shape index (κ1) is 21.6. The second-order valence-electron chi connectivity index (χ2n) is 6.70. The summed E-state index contributed by atoms with van der Waals surface area (Å²) in [7, 11) is 0. The molecule has 0 radical (unpaired) electrons. The van der Waals surface area contributed by atoms with Crippen molar-refractivity contribution >= 4 is 17.6 Å². The summed E-state index contributed by atoms with van der Waals surface area (Å²) < 4.78 is 47.0. The minimum absolute atomic E-state index is 0.0979. The first-order valence-corrected chi connectivity index (χ1v) is 9.67. The Kier molecular flexibility index (Phi) is 7.15. The van der Waals surface area contributed by atoms with Gasteiger partial charge < -0.3 is 4.74 Å². The summed E-state index contributed by atoms with van der Waals surface area (Å²) in [5.41, 5.74) is -0.201. The van der Waals surface area contributed by atoms with E-state index in [9.17, 15) is 18.0 Å². The molecule has 6 nitrogen and oxygen atoms in total. The van der Waals surface area contributed by atoms with E-state index >= 15 is 0 Å². The summed E-state index contributed by atoms with van der Waals surface area (Å²) in [6, 6.07) is 4.59. The van der Waals surface area contributed by atoms with Gasteiger partial charge in [0.2, 0.25) is 0 Å². The molecule has 158 valence electrons. The first-order valence-electron chi connectivity index (χ1n) is 9.29. The predicted octanol–water partition coefficient (Wildman–Crippen LogP) is 3.57. The number of hydrogen-bond donors (Lipinski definition) is 0. The third kappa shape index (κ3) is 5.09. The van der Waals surface area contributed by atoms with Crippen LogP contribution in [0.1, 0.15) is 35.0 Å². The largest absolute Gasteiger partial charge is 0.462 e. The van der Waals surface area contributed by atoms with E-state index in [1.54, 1.807) is 19.1 Å². The minimum atomic E-state index is -2.85. The molecule has 0 saturated carbocycles. The molecule has 2 aromatic rings. The lowest BCUT2D eigenvalue weighted by molar-refractivity contribution is 0.0509. The topological polar surface area (TPSA) is 50.6 Å². The molecule has 1 fully saturated rings. The highest BCUT2D eigenvalue weighted by molar-refractivity contribution is 6.31. The normalized spacial score (nSPS) is 15.8. The minimum Gasteiger partial charge on any atom is -0.462 e. The summed E-state index contributed by atoms with van der Waals surface area (Å²) in [6.07, 6.45) is -1.72. The zero-order valence-electron chi connectivity index (χ0n) is 16.0. The third-order valence-electron chi connectivity index (χ3n) is 4.82. The van der Waals surface area contributed by atoms with E-state index in [1.807, 2.05) is 4.90 Å². The van der Waals surface area contributed by atoms with Crippen LogP contribution in [0, 0.1) is 5.82 Å². The Balaban J connectivity index is 1.62. The number of rotatable bonds is 7. The number of benzene rings is 1. The van der Waals surface area contributed by atoms with Gasteiger partial charge >= 0.3 is 5.97 Å². The quantitative estimate of drug-likeness (QED) is 0.629. The van der Waals surface area contributed by atoms with Crippen molar-refractivity contribution in [3.8, 4) is 0 Å². The van der Waals surface area contributed by atoms with E-state index in [0.29, 0.717) is 43.3 Å². The molecule has 0 unspecified atom stereocenters. The maximum atomic E-state index is 14.0. The van der Waals surface area contributed by atoms with E-state index in [-0.39, 0.29) is 24.7 Å². The number of halogens is 4. The van der Waals surface area contributed by atoms with E-state index in [1.165, 1.54) is 6.07 Å². The Morgan fingerprint density at radius 3 is 2.55 bits per heavy atom. The van der Waals surface area contributed by atoms with E-state index in [4.69, 9.17) is 16.3 Å². The fourth-order valence-electron chi connectivity index (χ4n) is 3.29. The molecule has 1 aromatic heterocycles. The zero-order chi connectivity index (χ0) is 21.0. The summed E-state index contributed by atoms with van der Waals surface area (Å²) in [6.45, 7) is 4.65. The molecule has 1 aliphatic rings. The van der Waals surface area contributed by atoms with Gasteiger partial charge in [0, 0.05) is 43.3 Å². The molecule has 0 N–H and O–H groups in total. The molecule has 2 heterocycles. The molecular formula is C19H22ClF3N4O2. The summed E-state index contributed by atoms with van der Waals surface area (Å²) in [5.74, 6) is -1.15. The number of carbonyl (C=O) groups excluding carboxylic acids is 1. The van der Waals surface area contributed by atoms with Crippen LogP contribution in [-0.2, 0) is 18.0 Å². The smallest absolute Gasteiger partial charge is 0.341 e. The van der Waals surface area contributed by atoms with Crippen molar-refractivity contribution in [1.82, 2.24) is 19.6 Å². The van der Waals surface area contributed by atoms with Crippen LogP contribution in [0.5, 0.6) is 0 Å². The highest BCUT2D eigenvalue weighted by atomic mass is 35.5. The van der Waals surface area contributed by atoms with E-state index in [0.717, 1.165) is 10.9 Å². The molecule has 0 amide bonds. The highest BCUT2D eigenvalue weighted by Gasteiger charge is 2.27. The molecule has 0 spiro atoms. The van der Waals surface area contributed by atoms with Gasteiger partial charge in [-0.25, -0.2) is 22.6 Å². The van der Waals surface area contributed by atoms with Crippen molar-refractivity contribution in [3.63, 3.8) is 0 Å². The van der Waals surface area contributed by atoms with Gasteiger partial charge in [-0.2, -0.15) is 5.10 Å². The van der Waals surface area contributed by atoms with Crippen molar-refractivity contribution < 1.29 is 22.7 Å². The zero-order valence-corrected chi connectivity index (χ0v) is 16.7. The van der Waals surface area contributed by atoms with Gasteiger partial charge in [0.15, 0.2) is 0 Å². The van der Waals surface area contributed by atoms with Crippen LogP contribution >= 0.6 is 11.6 Å². The number of piperazine rings is 1. The van der Waals surface area contributed by atoms with Crippen LogP contribution < -0.4 is 0 Å². The average Bonchev–Trinajstić information content (AvgIpc) is 3.10. The lowest BCUT2D eigenvalue weighted by Crippen LogP contribution is -2.46. The third-order valence-corrected chi connectivity index (χ3v) is 5.18. The van der Waals surface area contributed by atoms with Crippen LogP contribution in [0.15, 0.2) is 24.4 Å². The van der Waals surface area contributed by atoms with Crippen molar-refractivity contribution in [2.45, 2.75) is 26.6 Å². The Bertz CT molecular complexity index is 834. The molecular weight excluding hydrogens is 409 g/mol. The molecule has 1 aliphatic heterocycles. The molecule has 1 aromatic carbocycles. The van der Waals surface area contributed by atoms with Crippen LogP contribution in [0.4, 0.5) is 13.2 Å². The molecule has 0 aliphatic carbocycles. The molecule has 0 atom stereocenters. The van der Waals surface area contributed by atoms with Gasteiger partial charge in [0.1, 0.15) is 17.1 Å². The number of carbonyl (C=O) groups is 1. The molecule has 29 heavy (non-hydrogen) atoms. The lowest BCUT2D eigenvalue weighted by atomic mass is 10.2. The monoisotopic (exact) mass is 430 g/mol. The van der Waals surface area contributed by atoms with Crippen LogP contribution in [0.25, 0.3) is 0 Å². The Morgan fingerprint density at radius 2 is 1.93 bits per heavy atom. The summed E-state index contributed by atoms with van der Waals surface area (Å²) in [4.78, 5) is 15.9. The number of ether oxygens (including phenoxy) is 1. The fraction of sp³-hybridized carbons (Fsp3) is 0.474. The van der Waals surface area contributed by atoms with E-state index in [2.05, 4.69) is 10.00 Å². The second-order valence-corrected chi connectivity index (χ2v) is 7.11. The second kappa shape index (κ2) is 9.60.